The van der Waals surface area contributed by atoms with Crippen molar-refractivity contribution in [2.45, 2.75) is 26.7 Å². The summed E-state index contributed by atoms with van der Waals surface area (Å²) in [4.78, 5) is 16.2. The van der Waals surface area contributed by atoms with Crippen LogP contribution < -0.4 is 4.74 Å². The van der Waals surface area contributed by atoms with Crippen LogP contribution in [0.1, 0.15) is 23.2 Å². The number of methoxy groups -OCH3 is 1. The summed E-state index contributed by atoms with van der Waals surface area (Å²) in [5.74, 6) is 1.09. The molecule has 1 aromatic heterocycles. The molecule has 0 bridgehead atoms. The standard InChI is InChI=1S/C14H19NO3/c1-9-7-15-12(10(2)14(9)17-3)6-11-8-18-5-4-13(11)16/h7,11H,4-6,8H2,1-3H3. The molecule has 0 radical (unpaired) electrons. The molecule has 0 N–H and O–H groups in total. The van der Waals surface area contributed by atoms with Crippen LogP contribution in [-0.2, 0) is 16.0 Å². The molecule has 2 rings (SSSR count). The number of nitrogens with zero attached hydrogens (tertiary/aromatic N) is 1. The second-order valence-corrected chi connectivity index (χ2v) is 4.74. The number of ketones is 1. The largest absolute Gasteiger partial charge is 0.496 e. The quantitative estimate of drug-likeness (QED) is 0.820. The molecular formula is C14H19NO3. The zero-order chi connectivity index (χ0) is 13.1. The highest BCUT2D eigenvalue weighted by Crippen LogP contribution is 2.26. The van der Waals surface area contributed by atoms with Crippen LogP contribution in [0.3, 0.4) is 0 Å². The van der Waals surface area contributed by atoms with Gasteiger partial charge in [-0.25, -0.2) is 0 Å². The molecule has 0 saturated carbocycles. The van der Waals surface area contributed by atoms with Gasteiger partial charge in [-0.2, -0.15) is 0 Å². The fourth-order valence-electron chi connectivity index (χ4n) is 2.38. The molecule has 0 spiro atoms. The first kappa shape index (κ1) is 13.0. The van der Waals surface area contributed by atoms with Crippen molar-refractivity contribution in [2.75, 3.05) is 20.3 Å². The van der Waals surface area contributed by atoms with E-state index in [0.29, 0.717) is 26.1 Å². The number of aromatic nitrogens is 1. The molecule has 18 heavy (non-hydrogen) atoms. The fourth-order valence-corrected chi connectivity index (χ4v) is 2.38. The minimum atomic E-state index is -0.0580. The van der Waals surface area contributed by atoms with Gasteiger partial charge < -0.3 is 9.47 Å². The Balaban J connectivity index is 2.21. The van der Waals surface area contributed by atoms with Crippen LogP contribution in [0, 0.1) is 19.8 Å². The topological polar surface area (TPSA) is 48.4 Å². The summed E-state index contributed by atoms with van der Waals surface area (Å²) in [6.45, 7) is 5.02. The molecule has 0 amide bonds. The van der Waals surface area contributed by atoms with Crippen molar-refractivity contribution in [3.63, 3.8) is 0 Å². The smallest absolute Gasteiger partial charge is 0.140 e. The van der Waals surface area contributed by atoms with Crippen molar-refractivity contribution in [3.05, 3.63) is 23.0 Å². The van der Waals surface area contributed by atoms with Crippen molar-refractivity contribution >= 4 is 5.78 Å². The third-order valence-electron chi connectivity index (χ3n) is 3.46. The van der Waals surface area contributed by atoms with Crippen LogP contribution in [0.15, 0.2) is 6.20 Å². The van der Waals surface area contributed by atoms with Gasteiger partial charge in [0, 0.05) is 41.8 Å². The molecule has 0 aliphatic carbocycles. The molecule has 4 heteroatoms. The SMILES string of the molecule is COc1c(C)cnc(CC2COCCC2=O)c1C. The van der Waals surface area contributed by atoms with E-state index >= 15 is 0 Å². The van der Waals surface area contributed by atoms with Crippen LogP contribution in [0.5, 0.6) is 5.75 Å². The highest BCUT2D eigenvalue weighted by atomic mass is 16.5. The van der Waals surface area contributed by atoms with E-state index in [0.717, 1.165) is 22.6 Å². The van der Waals surface area contributed by atoms with Gasteiger partial charge in [-0.05, 0) is 13.8 Å². The maximum Gasteiger partial charge on any atom is 0.140 e. The number of Topliss-reactive ketones (excluding diaryl/α,β-unsaturated/α-hetero) is 1. The number of aryl methyl sites for hydroxylation is 1. The lowest BCUT2D eigenvalue weighted by Gasteiger charge is -2.21. The third kappa shape index (κ3) is 2.53. The van der Waals surface area contributed by atoms with Crippen molar-refractivity contribution in [2.24, 2.45) is 5.92 Å². The summed E-state index contributed by atoms with van der Waals surface area (Å²) in [6, 6.07) is 0. The minimum absolute atomic E-state index is 0.0580. The molecule has 1 aromatic rings. The Labute approximate surface area is 107 Å². The molecule has 4 nitrogen and oxygen atoms in total. The predicted octanol–water partition coefficient (Wildman–Crippen LogP) is 1.86. The predicted molar refractivity (Wildman–Crippen MR) is 67.9 cm³/mol. The number of carbonyl (C=O) groups excluding carboxylic acids is 1. The van der Waals surface area contributed by atoms with Gasteiger partial charge in [0.2, 0.25) is 0 Å². The second kappa shape index (κ2) is 5.48. The number of carbonyl (C=O) groups is 1. The molecule has 1 atom stereocenters. The van der Waals surface area contributed by atoms with Crippen molar-refractivity contribution < 1.29 is 14.3 Å². The van der Waals surface area contributed by atoms with E-state index in [1.165, 1.54) is 0 Å². The van der Waals surface area contributed by atoms with Gasteiger partial charge in [-0.1, -0.05) is 0 Å². The summed E-state index contributed by atoms with van der Waals surface area (Å²) in [5, 5.41) is 0. The van der Waals surface area contributed by atoms with Gasteiger partial charge in [0.1, 0.15) is 11.5 Å². The van der Waals surface area contributed by atoms with Crippen molar-refractivity contribution in [3.8, 4) is 5.75 Å². The lowest BCUT2D eigenvalue weighted by molar-refractivity contribution is -0.130. The number of pyridine rings is 1. The third-order valence-corrected chi connectivity index (χ3v) is 3.46. The highest BCUT2D eigenvalue weighted by molar-refractivity contribution is 5.82. The Morgan fingerprint density at radius 3 is 2.94 bits per heavy atom. The first-order valence-corrected chi connectivity index (χ1v) is 6.23. The van der Waals surface area contributed by atoms with Crippen LogP contribution in [-0.4, -0.2) is 31.1 Å². The van der Waals surface area contributed by atoms with Crippen LogP contribution in [0.4, 0.5) is 0 Å². The lowest BCUT2D eigenvalue weighted by atomic mass is 9.93. The van der Waals surface area contributed by atoms with E-state index in [2.05, 4.69) is 4.98 Å². The van der Waals surface area contributed by atoms with Gasteiger partial charge in [-0.15, -0.1) is 0 Å². The summed E-state index contributed by atoms with van der Waals surface area (Å²) < 4.78 is 10.7. The summed E-state index contributed by atoms with van der Waals surface area (Å²) in [6.07, 6.45) is 2.96. The van der Waals surface area contributed by atoms with E-state index in [-0.39, 0.29) is 11.7 Å². The average molecular weight is 249 g/mol. The maximum atomic E-state index is 11.8. The molecule has 0 aromatic carbocycles. The Hall–Kier alpha value is -1.42. The first-order chi connectivity index (χ1) is 8.63. The Kier molecular flexibility index (Phi) is 3.97. The molecule has 1 saturated heterocycles. The van der Waals surface area contributed by atoms with Gasteiger partial charge >= 0.3 is 0 Å². The molecule has 2 heterocycles. The summed E-state index contributed by atoms with van der Waals surface area (Å²) in [7, 11) is 1.66. The van der Waals surface area contributed by atoms with Crippen LogP contribution in [0.25, 0.3) is 0 Å². The monoisotopic (exact) mass is 249 g/mol. The van der Waals surface area contributed by atoms with Crippen molar-refractivity contribution in [1.82, 2.24) is 4.98 Å². The van der Waals surface area contributed by atoms with Gasteiger partial charge in [0.15, 0.2) is 0 Å². The second-order valence-electron chi connectivity index (χ2n) is 4.74. The molecule has 1 fully saturated rings. The first-order valence-electron chi connectivity index (χ1n) is 6.23. The maximum absolute atomic E-state index is 11.8. The molecule has 1 aliphatic heterocycles. The highest BCUT2D eigenvalue weighted by Gasteiger charge is 2.24. The van der Waals surface area contributed by atoms with Gasteiger partial charge in [0.25, 0.3) is 0 Å². The Morgan fingerprint density at radius 2 is 2.28 bits per heavy atom. The molecular weight excluding hydrogens is 230 g/mol. The molecule has 1 unspecified atom stereocenters. The van der Waals surface area contributed by atoms with Crippen LogP contribution in [0.2, 0.25) is 0 Å². The van der Waals surface area contributed by atoms with E-state index < -0.39 is 0 Å². The number of ether oxygens (including phenoxy) is 2. The fraction of sp³-hybridized carbons (Fsp3) is 0.571. The molecule has 98 valence electrons. The summed E-state index contributed by atoms with van der Waals surface area (Å²) in [5.41, 5.74) is 2.97. The number of hydrogen-bond donors (Lipinski definition) is 0. The average Bonchev–Trinajstić information content (AvgIpc) is 2.36. The zero-order valence-corrected chi connectivity index (χ0v) is 11.2. The van der Waals surface area contributed by atoms with E-state index in [9.17, 15) is 4.79 Å². The lowest BCUT2D eigenvalue weighted by Crippen LogP contribution is -2.29. The van der Waals surface area contributed by atoms with E-state index in [1.54, 1.807) is 13.3 Å². The zero-order valence-electron chi connectivity index (χ0n) is 11.2. The molecule has 1 aliphatic rings. The Morgan fingerprint density at radius 1 is 1.50 bits per heavy atom. The number of rotatable bonds is 3. The normalized spacial score (nSPS) is 19.9. The van der Waals surface area contributed by atoms with E-state index in [4.69, 9.17) is 9.47 Å². The van der Waals surface area contributed by atoms with Crippen LogP contribution >= 0.6 is 0 Å². The van der Waals surface area contributed by atoms with Crippen molar-refractivity contribution in [1.29, 1.82) is 0 Å². The minimum Gasteiger partial charge on any atom is -0.496 e. The van der Waals surface area contributed by atoms with Gasteiger partial charge in [-0.3, -0.25) is 9.78 Å². The number of hydrogen-bond acceptors (Lipinski definition) is 4. The van der Waals surface area contributed by atoms with E-state index in [1.807, 2.05) is 13.8 Å². The van der Waals surface area contributed by atoms with Gasteiger partial charge in [0.05, 0.1) is 20.3 Å². The summed E-state index contributed by atoms with van der Waals surface area (Å²) >= 11 is 0. The Bertz CT molecular complexity index is 457.